The number of hydrogen-bond donors (Lipinski definition) is 1. The van der Waals surface area contributed by atoms with Gasteiger partial charge in [0.15, 0.2) is 4.90 Å². The maximum absolute atomic E-state index is 12.9. The molecule has 14 heteroatoms. The van der Waals surface area contributed by atoms with E-state index >= 15 is 0 Å². The predicted octanol–water partition coefficient (Wildman–Crippen LogP) is 3.15. The van der Waals surface area contributed by atoms with Crippen LogP contribution in [0.5, 0.6) is 0 Å². The number of hydrogen-bond acceptors (Lipinski definition) is 7. The zero-order chi connectivity index (χ0) is 23.7. The summed E-state index contributed by atoms with van der Waals surface area (Å²) < 4.78 is 88.3. The van der Waals surface area contributed by atoms with Gasteiger partial charge in [-0.1, -0.05) is 18.2 Å². The molecule has 174 valence electrons. The molecule has 0 atom stereocenters. The molecule has 1 aliphatic rings. The number of sulfonamides is 1. The van der Waals surface area contributed by atoms with Gasteiger partial charge in [-0.05, 0) is 37.1 Å². The molecule has 1 fully saturated rings. The fourth-order valence-corrected chi connectivity index (χ4v) is 5.76. The Bertz CT molecular complexity index is 1220. The quantitative estimate of drug-likeness (QED) is 0.484. The normalized spacial score (nSPS) is 16.6. The van der Waals surface area contributed by atoms with Gasteiger partial charge < -0.3 is 5.32 Å². The Morgan fingerprint density at radius 3 is 2.22 bits per heavy atom. The van der Waals surface area contributed by atoms with Gasteiger partial charge in [-0.3, -0.25) is 10.1 Å². The summed E-state index contributed by atoms with van der Waals surface area (Å²) in [6, 6.07) is 8.97. The van der Waals surface area contributed by atoms with Crippen LogP contribution in [0.1, 0.15) is 12.8 Å². The van der Waals surface area contributed by atoms with E-state index < -0.39 is 45.8 Å². The van der Waals surface area contributed by atoms with Crippen molar-refractivity contribution in [2.24, 2.45) is 0 Å². The first-order valence-electron chi connectivity index (χ1n) is 9.25. The molecule has 0 spiro atoms. The lowest BCUT2D eigenvalue weighted by Crippen LogP contribution is -2.42. The molecule has 1 N–H and O–H groups in total. The summed E-state index contributed by atoms with van der Waals surface area (Å²) in [5.41, 5.74) is -5.81. The molecular weight excluding hydrogens is 475 g/mol. The van der Waals surface area contributed by atoms with Crippen LogP contribution in [-0.2, 0) is 19.9 Å². The third-order valence-corrected chi connectivity index (χ3v) is 8.38. The van der Waals surface area contributed by atoms with Crippen molar-refractivity contribution in [3.05, 3.63) is 58.6 Å². The molecule has 0 aliphatic carbocycles. The summed E-state index contributed by atoms with van der Waals surface area (Å²) in [5, 5.41) is 14.1. The minimum absolute atomic E-state index is 0.0204. The number of benzene rings is 2. The second kappa shape index (κ2) is 8.67. The summed E-state index contributed by atoms with van der Waals surface area (Å²) in [4.78, 5) is 9.08. The maximum atomic E-state index is 12.9. The zero-order valence-corrected chi connectivity index (χ0v) is 18.0. The molecule has 0 bridgehead atoms. The number of para-hydroxylation sites is 1. The van der Waals surface area contributed by atoms with Gasteiger partial charge in [0.2, 0.25) is 10.0 Å². The van der Waals surface area contributed by atoms with Crippen LogP contribution >= 0.6 is 0 Å². The van der Waals surface area contributed by atoms with Crippen molar-refractivity contribution in [1.82, 2.24) is 4.31 Å². The van der Waals surface area contributed by atoms with Crippen molar-refractivity contribution in [2.45, 2.75) is 34.2 Å². The van der Waals surface area contributed by atoms with Crippen molar-refractivity contribution < 1.29 is 34.9 Å². The third kappa shape index (κ3) is 4.71. The number of sulfone groups is 1. The van der Waals surface area contributed by atoms with Gasteiger partial charge in [0.1, 0.15) is 0 Å². The standard InChI is InChI=1S/C18H18F3N3O6S2/c19-18(20,21)31(27,28)15-5-3-4-14(12-15)22-13-8-10-23(11-9-13)32(29,30)17-7-2-1-6-16(17)24(25)26/h1-7,12-13,22H,8-11H2. The van der Waals surface area contributed by atoms with E-state index in [-0.39, 0.29) is 37.7 Å². The average molecular weight is 493 g/mol. The predicted molar refractivity (Wildman–Crippen MR) is 108 cm³/mol. The Labute approximate surface area is 182 Å². The first-order chi connectivity index (χ1) is 14.8. The van der Waals surface area contributed by atoms with Crippen molar-refractivity contribution in [2.75, 3.05) is 18.4 Å². The summed E-state index contributed by atoms with van der Waals surface area (Å²) in [6.07, 6.45) is 0.520. The van der Waals surface area contributed by atoms with E-state index in [0.29, 0.717) is 0 Å². The number of nitro benzene ring substituents is 1. The number of nitrogens with one attached hydrogen (secondary N) is 1. The Hall–Kier alpha value is -2.71. The fourth-order valence-electron chi connectivity index (χ4n) is 3.33. The number of piperidine rings is 1. The van der Waals surface area contributed by atoms with Gasteiger partial charge in [0.05, 0.1) is 9.82 Å². The number of halogens is 3. The molecule has 2 aromatic rings. The number of rotatable bonds is 6. The lowest BCUT2D eigenvalue weighted by molar-refractivity contribution is -0.387. The Kier molecular flexibility index (Phi) is 6.49. The van der Waals surface area contributed by atoms with Crippen LogP contribution in [0.2, 0.25) is 0 Å². The first kappa shape index (κ1) is 23.9. The van der Waals surface area contributed by atoms with Crippen LogP contribution in [0.25, 0.3) is 0 Å². The van der Waals surface area contributed by atoms with Gasteiger partial charge >= 0.3 is 5.51 Å². The monoisotopic (exact) mass is 493 g/mol. The van der Waals surface area contributed by atoms with Crippen LogP contribution < -0.4 is 5.32 Å². The topological polar surface area (TPSA) is 127 Å². The van der Waals surface area contributed by atoms with Crippen molar-refractivity contribution >= 4 is 31.2 Å². The molecule has 1 heterocycles. The first-order valence-corrected chi connectivity index (χ1v) is 12.2. The highest BCUT2D eigenvalue weighted by atomic mass is 32.2. The van der Waals surface area contributed by atoms with Crippen molar-refractivity contribution in [3.8, 4) is 0 Å². The minimum atomic E-state index is -5.49. The molecular formula is C18H18F3N3O6S2. The van der Waals surface area contributed by atoms with Crippen LogP contribution in [0.15, 0.2) is 58.3 Å². The molecule has 0 saturated carbocycles. The van der Waals surface area contributed by atoms with E-state index in [0.717, 1.165) is 28.6 Å². The van der Waals surface area contributed by atoms with Gasteiger partial charge in [0, 0.05) is 30.9 Å². The third-order valence-electron chi connectivity index (χ3n) is 4.95. The zero-order valence-electron chi connectivity index (χ0n) is 16.3. The van der Waals surface area contributed by atoms with E-state index in [4.69, 9.17) is 0 Å². The van der Waals surface area contributed by atoms with Crippen LogP contribution in [0.4, 0.5) is 24.5 Å². The molecule has 32 heavy (non-hydrogen) atoms. The van der Waals surface area contributed by atoms with E-state index in [1.165, 1.54) is 24.3 Å². The lowest BCUT2D eigenvalue weighted by atomic mass is 10.1. The van der Waals surface area contributed by atoms with E-state index in [9.17, 15) is 40.1 Å². The largest absolute Gasteiger partial charge is 0.501 e. The van der Waals surface area contributed by atoms with Gasteiger partial charge in [-0.15, -0.1) is 0 Å². The number of nitro groups is 1. The van der Waals surface area contributed by atoms with Crippen molar-refractivity contribution in [1.29, 1.82) is 0 Å². The smallest absolute Gasteiger partial charge is 0.382 e. The Morgan fingerprint density at radius 2 is 1.62 bits per heavy atom. The molecule has 2 aromatic carbocycles. The number of alkyl halides is 3. The Balaban J connectivity index is 1.71. The highest BCUT2D eigenvalue weighted by Gasteiger charge is 2.47. The van der Waals surface area contributed by atoms with Crippen LogP contribution in [0, 0.1) is 10.1 Å². The van der Waals surface area contributed by atoms with Gasteiger partial charge in [0.25, 0.3) is 15.5 Å². The lowest BCUT2D eigenvalue weighted by Gasteiger charge is -2.32. The summed E-state index contributed by atoms with van der Waals surface area (Å²) in [6.45, 7) is 0.0409. The molecule has 0 radical (unpaired) electrons. The summed E-state index contributed by atoms with van der Waals surface area (Å²) in [5.74, 6) is 0. The second-order valence-electron chi connectivity index (χ2n) is 7.02. The second-order valence-corrected chi connectivity index (χ2v) is 10.9. The van der Waals surface area contributed by atoms with E-state index in [1.54, 1.807) is 0 Å². The average Bonchev–Trinajstić information content (AvgIpc) is 2.73. The summed E-state index contributed by atoms with van der Waals surface area (Å²) in [7, 11) is -9.61. The summed E-state index contributed by atoms with van der Waals surface area (Å²) >= 11 is 0. The fraction of sp³-hybridized carbons (Fsp3) is 0.333. The molecule has 9 nitrogen and oxygen atoms in total. The van der Waals surface area contributed by atoms with Crippen LogP contribution in [-0.4, -0.2) is 50.7 Å². The number of anilines is 1. The molecule has 0 amide bonds. The van der Waals surface area contributed by atoms with E-state index in [1.807, 2.05) is 0 Å². The van der Waals surface area contributed by atoms with E-state index in [2.05, 4.69) is 5.32 Å². The molecule has 1 saturated heterocycles. The molecule has 0 aromatic heterocycles. The SMILES string of the molecule is O=[N+]([O-])c1ccccc1S(=O)(=O)N1CCC(Nc2cccc(S(=O)(=O)C(F)(F)F)c2)CC1. The minimum Gasteiger partial charge on any atom is -0.382 e. The van der Waals surface area contributed by atoms with Gasteiger partial charge in [-0.2, -0.15) is 17.5 Å². The molecule has 0 unspecified atom stereocenters. The highest BCUT2D eigenvalue weighted by molar-refractivity contribution is 7.92. The van der Waals surface area contributed by atoms with Crippen LogP contribution in [0.3, 0.4) is 0 Å². The van der Waals surface area contributed by atoms with Crippen molar-refractivity contribution in [3.63, 3.8) is 0 Å². The highest BCUT2D eigenvalue weighted by Crippen LogP contribution is 2.32. The van der Waals surface area contributed by atoms with Gasteiger partial charge in [-0.25, -0.2) is 16.8 Å². The Morgan fingerprint density at radius 1 is 1.00 bits per heavy atom. The molecule has 1 aliphatic heterocycles. The maximum Gasteiger partial charge on any atom is 0.501 e. The number of nitrogens with zero attached hydrogens (tertiary/aromatic N) is 2. The molecule has 3 rings (SSSR count).